The van der Waals surface area contributed by atoms with Gasteiger partial charge in [0.05, 0.1) is 25.4 Å². The zero-order valence-electron chi connectivity index (χ0n) is 43.7. The Labute approximate surface area is 405 Å². The predicted octanol–water partition coefficient (Wildman–Crippen LogP) is 17.9. The molecule has 0 fully saturated rings. The number of nitrogens with one attached hydrogen (secondary N) is 1. The van der Waals surface area contributed by atoms with E-state index in [-0.39, 0.29) is 18.5 Å². The van der Waals surface area contributed by atoms with Crippen molar-refractivity contribution >= 4 is 11.9 Å². The molecular weight excluding hydrogens is 803 g/mol. The molecule has 0 bridgehead atoms. The van der Waals surface area contributed by atoms with Crippen LogP contribution >= 0.6 is 0 Å². The maximum Gasteiger partial charge on any atom is 0.305 e. The summed E-state index contributed by atoms with van der Waals surface area (Å²) in [5, 5.41) is 23.2. The van der Waals surface area contributed by atoms with Crippen LogP contribution in [0.25, 0.3) is 0 Å². The van der Waals surface area contributed by atoms with E-state index in [0.717, 1.165) is 70.6 Å². The molecule has 2 atom stereocenters. The summed E-state index contributed by atoms with van der Waals surface area (Å²) in [4.78, 5) is 24.5. The smallest absolute Gasteiger partial charge is 0.305 e. The quantitative estimate of drug-likeness (QED) is 0.0321. The van der Waals surface area contributed by atoms with E-state index in [2.05, 4.69) is 43.5 Å². The van der Waals surface area contributed by atoms with E-state index in [1.54, 1.807) is 0 Å². The summed E-state index contributed by atoms with van der Waals surface area (Å²) in [7, 11) is 0. The van der Waals surface area contributed by atoms with Crippen LogP contribution in [-0.4, -0.2) is 47.4 Å². The van der Waals surface area contributed by atoms with Crippen molar-refractivity contribution in [3.8, 4) is 0 Å². The predicted molar refractivity (Wildman–Crippen MR) is 283 cm³/mol. The third kappa shape index (κ3) is 51.6. The van der Waals surface area contributed by atoms with Crippen LogP contribution in [0.15, 0.2) is 24.3 Å². The van der Waals surface area contributed by atoms with Crippen LogP contribution in [0.1, 0.15) is 316 Å². The number of rotatable bonds is 54. The highest BCUT2D eigenvalue weighted by Crippen LogP contribution is 2.17. The summed E-state index contributed by atoms with van der Waals surface area (Å²) in [6.45, 7) is 4.93. The summed E-state index contributed by atoms with van der Waals surface area (Å²) in [5.74, 6) is -0.0540. The zero-order chi connectivity index (χ0) is 47.2. The number of hydrogen-bond acceptors (Lipinski definition) is 5. The van der Waals surface area contributed by atoms with Crippen molar-refractivity contribution in [3.63, 3.8) is 0 Å². The largest absolute Gasteiger partial charge is 0.466 e. The van der Waals surface area contributed by atoms with E-state index in [4.69, 9.17) is 4.74 Å². The third-order valence-electron chi connectivity index (χ3n) is 13.5. The lowest BCUT2D eigenvalue weighted by atomic mass is 10.0. The molecule has 0 spiro atoms. The van der Waals surface area contributed by atoms with Crippen LogP contribution in [0.2, 0.25) is 0 Å². The Morgan fingerprint density at radius 1 is 0.431 bits per heavy atom. The molecule has 0 heterocycles. The first-order chi connectivity index (χ1) is 32.0. The molecule has 1 amide bonds. The van der Waals surface area contributed by atoms with Gasteiger partial charge in [-0.3, -0.25) is 9.59 Å². The molecule has 0 saturated carbocycles. The first kappa shape index (κ1) is 63.3. The summed E-state index contributed by atoms with van der Waals surface area (Å²) in [6.07, 6.45) is 66.0. The summed E-state index contributed by atoms with van der Waals surface area (Å²) in [6, 6.07) is -0.548. The number of ether oxygens (including phenoxy) is 1. The fraction of sp³-hybridized carbons (Fsp3) is 0.898. The molecule has 0 aromatic rings. The molecule has 0 aliphatic rings. The van der Waals surface area contributed by atoms with E-state index in [1.807, 2.05) is 0 Å². The van der Waals surface area contributed by atoms with Crippen LogP contribution in [-0.2, 0) is 14.3 Å². The molecular formula is C59H113NO5. The number of allylic oxidation sites excluding steroid dienone is 4. The lowest BCUT2D eigenvalue weighted by Crippen LogP contribution is -2.45. The van der Waals surface area contributed by atoms with Crippen LogP contribution in [0.3, 0.4) is 0 Å². The first-order valence-electron chi connectivity index (χ1n) is 29.1. The van der Waals surface area contributed by atoms with Gasteiger partial charge in [-0.25, -0.2) is 0 Å². The molecule has 6 heteroatoms. The number of hydrogen-bond donors (Lipinski definition) is 3. The maximum absolute atomic E-state index is 12.5. The Bertz CT molecular complexity index is 1010. The highest BCUT2D eigenvalue weighted by molar-refractivity contribution is 5.76. The van der Waals surface area contributed by atoms with Crippen molar-refractivity contribution < 1.29 is 24.5 Å². The van der Waals surface area contributed by atoms with E-state index in [9.17, 15) is 19.8 Å². The van der Waals surface area contributed by atoms with Gasteiger partial charge in [-0.15, -0.1) is 0 Å². The van der Waals surface area contributed by atoms with Gasteiger partial charge in [-0.05, 0) is 57.8 Å². The average Bonchev–Trinajstić information content (AvgIpc) is 3.31. The van der Waals surface area contributed by atoms with Gasteiger partial charge in [-0.1, -0.05) is 269 Å². The van der Waals surface area contributed by atoms with E-state index >= 15 is 0 Å². The highest BCUT2D eigenvalue weighted by atomic mass is 16.5. The summed E-state index contributed by atoms with van der Waals surface area (Å²) in [5.41, 5.74) is 0. The van der Waals surface area contributed by atoms with Gasteiger partial charge in [0.25, 0.3) is 0 Å². The standard InChI is InChI=1S/C59H113NO5/c1-3-5-7-9-11-13-15-17-24-29-33-37-41-45-49-53-59(64)65-54-50-46-42-38-34-30-26-23-21-19-20-22-25-28-32-36-40-44-48-52-58(63)60-56(55-61)57(62)51-47-43-39-35-31-27-18-16-14-12-10-8-6-4-2/h23,26,30,34,56-57,61-62H,3-22,24-25,27-29,31-33,35-55H2,1-2H3,(H,60,63)/b26-23-,34-30-. The average molecular weight is 917 g/mol. The summed E-state index contributed by atoms with van der Waals surface area (Å²) >= 11 is 0. The van der Waals surface area contributed by atoms with Crippen molar-refractivity contribution in [1.82, 2.24) is 5.32 Å². The Hall–Kier alpha value is -1.66. The fourth-order valence-electron chi connectivity index (χ4n) is 9.04. The van der Waals surface area contributed by atoms with Crippen LogP contribution in [0, 0.1) is 0 Å². The Morgan fingerprint density at radius 2 is 0.754 bits per heavy atom. The number of unbranched alkanes of at least 4 members (excludes halogenated alkanes) is 40. The molecule has 2 unspecified atom stereocenters. The number of carbonyl (C=O) groups is 2. The minimum Gasteiger partial charge on any atom is -0.466 e. The number of amides is 1. The van der Waals surface area contributed by atoms with Crippen LogP contribution in [0.4, 0.5) is 0 Å². The second-order valence-corrected chi connectivity index (χ2v) is 20.0. The molecule has 0 radical (unpaired) electrons. The molecule has 0 aromatic heterocycles. The lowest BCUT2D eigenvalue weighted by Gasteiger charge is -2.22. The molecule has 65 heavy (non-hydrogen) atoms. The SMILES string of the molecule is CCCCCCCCCCCCCCCCCC(=O)OCCCCC/C=C\C=C/CCCCCCCCCCCCC(=O)NC(CO)C(O)CCCCCCCCCCCCCCCC. The van der Waals surface area contributed by atoms with Crippen molar-refractivity contribution in [3.05, 3.63) is 24.3 Å². The highest BCUT2D eigenvalue weighted by Gasteiger charge is 2.20. The molecule has 0 aliphatic heterocycles. The minimum atomic E-state index is -0.670. The summed E-state index contributed by atoms with van der Waals surface area (Å²) < 4.78 is 5.46. The molecule has 0 saturated heterocycles. The first-order valence-corrected chi connectivity index (χ1v) is 29.1. The van der Waals surface area contributed by atoms with E-state index < -0.39 is 12.1 Å². The maximum atomic E-state index is 12.5. The number of aliphatic hydroxyl groups is 2. The van der Waals surface area contributed by atoms with Crippen LogP contribution in [0.5, 0.6) is 0 Å². The van der Waals surface area contributed by atoms with Crippen molar-refractivity contribution in [2.75, 3.05) is 13.2 Å². The third-order valence-corrected chi connectivity index (χ3v) is 13.5. The van der Waals surface area contributed by atoms with Crippen molar-refractivity contribution in [1.29, 1.82) is 0 Å². The molecule has 6 nitrogen and oxygen atoms in total. The van der Waals surface area contributed by atoms with Gasteiger partial charge in [0, 0.05) is 12.8 Å². The Balaban J connectivity index is 3.46. The van der Waals surface area contributed by atoms with Gasteiger partial charge < -0.3 is 20.3 Å². The topological polar surface area (TPSA) is 95.9 Å². The Kier molecular flexibility index (Phi) is 53.5. The Morgan fingerprint density at radius 3 is 1.14 bits per heavy atom. The number of aliphatic hydroxyl groups excluding tert-OH is 2. The molecule has 384 valence electrons. The van der Waals surface area contributed by atoms with E-state index in [1.165, 1.54) is 212 Å². The van der Waals surface area contributed by atoms with Gasteiger partial charge >= 0.3 is 5.97 Å². The second kappa shape index (κ2) is 54.9. The molecule has 0 aromatic carbocycles. The van der Waals surface area contributed by atoms with Gasteiger partial charge in [0.1, 0.15) is 0 Å². The molecule has 0 aliphatic carbocycles. The van der Waals surface area contributed by atoms with Gasteiger partial charge in [0.2, 0.25) is 5.91 Å². The second-order valence-electron chi connectivity index (χ2n) is 20.0. The van der Waals surface area contributed by atoms with Crippen LogP contribution < -0.4 is 5.32 Å². The number of esters is 1. The fourth-order valence-corrected chi connectivity index (χ4v) is 9.04. The van der Waals surface area contributed by atoms with Gasteiger partial charge in [-0.2, -0.15) is 0 Å². The number of carbonyl (C=O) groups excluding carboxylic acids is 2. The molecule has 3 N–H and O–H groups in total. The van der Waals surface area contributed by atoms with Gasteiger partial charge in [0.15, 0.2) is 0 Å². The van der Waals surface area contributed by atoms with Crippen molar-refractivity contribution in [2.24, 2.45) is 0 Å². The minimum absolute atomic E-state index is 0.0102. The zero-order valence-corrected chi connectivity index (χ0v) is 43.7. The van der Waals surface area contributed by atoms with Crippen molar-refractivity contribution in [2.45, 2.75) is 328 Å². The monoisotopic (exact) mass is 916 g/mol. The van der Waals surface area contributed by atoms with E-state index in [0.29, 0.717) is 25.9 Å². The lowest BCUT2D eigenvalue weighted by molar-refractivity contribution is -0.143. The normalized spacial score (nSPS) is 12.7. The molecule has 0 rings (SSSR count).